The minimum absolute atomic E-state index is 1.41. The van der Waals surface area contributed by atoms with Crippen LogP contribution in [0, 0.1) is 0 Å². The first-order chi connectivity index (χ1) is 17.9. The van der Waals surface area contributed by atoms with Crippen LogP contribution in [-0.2, 0) is 0 Å². The van der Waals surface area contributed by atoms with Gasteiger partial charge in [-0.15, -0.1) is 68.0 Å². The lowest BCUT2D eigenvalue weighted by atomic mass is 9.88. The predicted molar refractivity (Wildman–Crippen MR) is 171 cm³/mol. The van der Waals surface area contributed by atoms with Gasteiger partial charge in [0.2, 0.25) is 0 Å². The van der Waals surface area contributed by atoms with E-state index in [2.05, 4.69) is 68.7 Å². The van der Waals surface area contributed by atoms with E-state index < -0.39 is 0 Å². The topological polar surface area (TPSA) is 0 Å². The number of benzene rings is 4. The van der Waals surface area contributed by atoms with Gasteiger partial charge in [-0.05, 0) is 68.7 Å². The first-order valence-electron chi connectivity index (χ1n) is 11.6. The van der Waals surface area contributed by atoms with Crippen molar-refractivity contribution in [3.05, 3.63) is 68.7 Å². The van der Waals surface area contributed by atoms with E-state index in [0.29, 0.717) is 0 Å². The van der Waals surface area contributed by atoms with Gasteiger partial charge < -0.3 is 0 Å². The van der Waals surface area contributed by atoms with Crippen molar-refractivity contribution in [2.45, 2.75) is 0 Å². The van der Waals surface area contributed by atoms with Gasteiger partial charge in [0.1, 0.15) is 0 Å². The Balaban J connectivity index is 1.78. The van der Waals surface area contributed by atoms with Crippen molar-refractivity contribution in [2.24, 2.45) is 0 Å². The first kappa shape index (κ1) is 19.5. The van der Waals surface area contributed by atoms with Crippen molar-refractivity contribution in [1.82, 2.24) is 0 Å². The van der Waals surface area contributed by atoms with E-state index in [1.165, 1.54) is 92.8 Å². The normalized spacial score (nSPS) is 13.0. The highest BCUT2D eigenvalue weighted by Gasteiger charge is 2.25. The SMILES string of the molecule is c1cc2c(s1)c1ccsc1c1c2c2c3sccc3c3sccc3c2c2c3sccc3c3sccc3c12. The van der Waals surface area contributed by atoms with Crippen LogP contribution < -0.4 is 0 Å². The molecule has 36 heavy (non-hydrogen) atoms. The van der Waals surface area contributed by atoms with Crippen LogP contribution in [0.3, 0.4) is 0 Å². The van der Waals surface area contributed by atoms with Crippen LogP contribution in [0.1, 0.15) is 0 Å². The first-order valence-corrected chi connectivity index (χ1v) is 16.9. The van der Waals surface area contributed by atoms with E-state index in [9.17, 15) is 0 Å². The fourth-order valence-corrected chi connectivity index (χ4v) is 12.3. The van der Waals surface area contributed by atoms with Gasteiger partial charge in [0, 0.05) is 92.8 Å². The molecule has 6 heteroatoms. The summed E-state index contributed by atoms with van der Waals surface area (Å²) in [6.07, 6.45) is 0. The van der Waals surface area contributed by atoms with Gasteiger partial charge in [-0.2, -0.15) is 0 Å². The summed E-state index contributed by atoms with van der Waals surface area (Å²) in [7, 11) is 0. The second-order valence-corrected chi connectivity index (χ2v) is 14.7. The van der Waals surface area contributed by atoms with Crippen molar-refractivity contribution in [1.29, 1.82) is 0 Å². The molecule has 10 aromatic rings. The minimum atomic E-state index is 1.41. The van der Waals surface area contributed by atoms with E-state index >= 15 is 0 Å². The summed E-state index contributed by atoms with van der Waals surface area (Å²) >= 11 is 11.4. The molecule has 0 unspecified atom stereocenters. The Kier molecular flexibility index (Phi) is 3.60. The van der Waals surface area contributed by atoms with Crippen LogP contribution in [0.15, 0.2) is 68.7 Å². The van der Waals surface area contributed by atoms with E-state index in [1.54, 1.807) is 0 Å². The molecule has 0 nitrogen and oxygen atoms in total. The zero-order chi connectivity index (χ0) is 23.1. The molecular weight excluding hydrogens is 553 g/mol. The fourth-order valence-electron chi connectivity index (χ4n) is 6.43. The van der Waals surface area contributed by atoms with Gasteiger partial charge in [0.15, 0.2) is 0 Å². The summed E-state index contributed by atoms with van der Waals surface area (Å²) in [4.78, 5) is 0. The Bertz CT molecular complexity index is 2050. The highest BCUT2D eigenvalue weighted by Crippen LogP contribution is 2.55. The minimum Gasteiger partial charge on any atom is -0.143 e. The molecule has 6 heterocycles. The Hall–Kier alpha value is -2.58. The largest absolute Gasteiger partial charge is 0.143 e. The molecule has 168 valence electrons. The third-order valence-corrected chi connectivity index (χ3v) is 13.4. The average molecular weight is 565 g/mol. The van der Waals surface area contributed by atoms with E-state index in [-0.39, 0.29) is 0 Å². The lowest BCUT2D eigenvalue weighted by Crippen LogP contribution is -1.87. The Morgan fingerprint density at radius 1 is 0.250 bits per heavy atom. The summed E-state index contributed by atoms with van der Waals surface area (Å²) in [5.74, 6) is 0. The summed E-state index contributed by atoms with van der Waals surface area (Å²) in [6.45, 7) is 0. The quantitative estimate of drug-likeness (QED) is 0.161. The molecule has 0 saturated heterocycles. The lowest BCUT2D eigenvalue weighted by molar-refractivity contribution is 2.08. The van der Waals surface area contributed by atoms with Crippen LogP contribution >= 0.6 is 68.0 Å². The summed E-state index contributed by atoms with van der Waals surface area (Å²) in [5, 5.41) is 30.9. The molecule has 4 aromatic carbocycles. The molecule has 0 spiro atoms. The summed E-state index contributed by atoms with van der Waals surface area (Å²) in [5.41, 5.74) is 0. The highest BCUT2D eigenvalue weighted by molar-refractivity contribution is 7.24. The molecule has 0 bridgehead atoms. The Morgan fingerprint density at radius 2 is 0.500 bits per heavy atom. The average Bonchev–Trinajstić information content (AvgIpc) is 3.73. The van der Waals surface area contributed by atoms with Crippen LogP contribution in [0.4, 0.5) is 0 Å². The van der Waals surface area contributed by atoms with Crippen molar-refractivity contribution in [2.75, 3.05) is 0 Å². The molecule has 0 aliphatic carbocycles. The maximum Gasteiger partial charge on any atom is 0.0442 e. The number of hydrogen-bond acceptors (Lipinski definition) is 6. The van der Waals surface area contributed by atoms with Gasteiger partial charge in [0.05, 0.1) is 0 Å². The molecule has 0 atom stereocenters. The molecular formula is C30H12S6. The third kappa shape index (κ3) is 2.11. The Labute approximate surface area is 227 Å². The van der Waals surface area contributed by atoms with Crippen molar-refractivity contribution < 1.29 is 0 Å². The number of fused-ring (bicyclic) bond motifs is 21. The van der Waals surface area contributed by atoms with E-state index in [0.717, 1.165) is 0 Å². The zero-order valence-electron chi connectivity index (χ0n) is 18.4. The number of hydrogen-bond donors (Lipinski definition) is 0. The van der Waals surface area contributed by atoms with Crippen molar-refractivity contribution in [3.8, 4) is 0 Å². The van der Waals surface area contributed by atoms with Crippen LogP contribution in [0.25, 0.3) is 92.8 Å². The second kappa shape index (κ2) is 6.64. The summed E-state index contributed by atoms with van der Waals surface area (Å²) in [6, 6.07) is 14.1. The molecule has 0 radical (unpaired) electrons. The van der Waals surface area contributed by atoms with Gasteiger partial charge >= 0.3 is 0 Å². The summed E-state index contributed by atoms with van der Waals surface area (Å²) < 4.78 is 8.58. The fraction of sp³-hybridized carbons (Fsp3) is 0. The van der Waals surface area contributed by atoms with Crippen LogP contribution in [0.5, 0.6) is 0 Å². The number of thiophene rings is 6. The van der Waals surface area contributed by atoms with Gasteiger partial charge in [-0.1, -0.05) is 0 Å². The molecule has 0 aliphatic heterocycles. The smallest absolute Gasteiger partial charge is 0.0442 e. The molecule has 0 fully saturated rings. The predicted octanol–water partition coefficient (Wildman–Crippen LogP) is 12.4. The molecule has 0 saturated carbocycles. The van der Waals surface area contributed by atoms with Crippen LogP contribution in [-0.4, -0.2) is 0 Å². The Morgan fingerprint density at radius 3 is 0.806 bits per heavy atom. The molecule has 0 N–H and O–H groups in total. The monoisotopic (exact) mass is 564 g/mol. The third-order valence-electron chi connectivity index (χ3n) is 7.71. The lowest BCUT2D eigenvalue weighted by Gasteiger charge is -2.17. The number of rotatable bonds is 0. The molecule has 0 aliphatic rings. The van der Waals surface area contributed by atoms with Crippen molar-refractivity contribution in [3.63, 3.8) is 0 Å². The standard InChI is InChI=1S/C30H12S6/c1-7-31-25-13(1)19-22(28-16(25)4-10-34-28)20-14-2-9-33-27(14)18-6-12-36-30(18)24(20)21-15-3-8-32-26(15)17-5-11-35-29(17)23(19)21/h1-12H. The van der Waals surface area contributed by atoms with E-state index in [1.807, 2.05) is 68.0 Å². The maximum atomic E-state index is 2.37. The van der Waals surface area contributed by atoms with E-state index in [4.69, 9.17) is 0 Å². The maximum absolute atomic E-state index is 2.37. The molecule has 10 rings (SSSR count). The van der Waals surface area contributed by atoms with Crippen molar-refractivity contribution >= 4 is 161 Å². The second-order valence-electron chi connectivity index (χ2n) is 9.23. The zero-order valence-corrected chi connectivity index (χ0v) is 23.3. The van der Waals surface area contributed by atoms with Crippen LogP contribution in [0.2, 0.25) is 0 Å². The van der Waals surface area contributed by atoms with Gasteiger partial charge in [-0.3, -0.25) is 0 Å². The highest BCUT2D eigenvalue weighted by atomic mass is 32.1. The van der Waals surface area contributed by atoms with Gasteiger partial charge in [0.25, 0.3) is 0 Å². The molecule has 0 amide bonds. The molecule has 6 aromatic heterocycles. The van der Waals surface area contributed by atoms with Gasteiger partial charge in [-0.25, -0.2) is 0 Å².